The second-order valence-corrected chi connectivity index (χ2v) is 6.95. The summed E-state index contributed by atoms with van der Waals surface area (Å²) in [5, 5.41) is 0.532. The SMILES string of the molecule is CC(N)c1cccc(S(=O)(=O)NCc2ccccc2Cl)c1. The number of nitrogens with two attached hydrogens (primary N) is 1. The van der Waals surface area contributed by atoms with Crippen molar-refractivity contribution in [1.29, 1.82) is 0 Å². The molecule has 0 fully saturated rings. The van der Waals surface area contributed by atoms with E-state index >= 15 is 0 Å². The van der Waals surface area contributed by atoms with Crippen molar-refractivity contribution in [3.8, 4) is 0 Å². The fourth-order valence-corrected chi connectivity index (χ4v) is 3.13. The molecule has 0 heterocycles. The summed E-state index contributed by atoms with van der Waals surface area (Å²) in [6, 6.07) is 13.5. The summed E-state index contributed by atoms with van der Waals surface area (Å²) in [5.41, 5.74) is 7.28. The first-order chi connectivity index (χ1) is 9.90. The molecule has 0 amide bonds. The van der Waals surface area contributed by atoms with Gasteiger partial charge in [-0.3, -0.25) is 0 Å². The van der Waals surface area contributed by atoms with Crippen LogP contribution in [0.25, 0.3) is 0 Å². The normalized spacial score (nSPS) is 13.1. The molecule has 0 bridgehead atoms. The fraction of sp³-hybridized carbons (Fsp3) is 0.200. The summed E-state index contributed by atoms with van der Waals surface area (Å²) in [7, 11) is -3.60. The molecule has 6 heteroatoms. The molecule has 0 aliphatic rings. The molecule has 0 saturated carbocycles. The van der Waals surface area contributed by atoms with Crippen LogP contribution in [0.4, 0.5) is 0 Å². The minimum Gasteiger partial charge on any atom is -0.324 e. The molecule has 1 atom stereocenters. The summed E-state index contributed by atoms with van der Waals surface area (Å²) >= 11 is 6.01. The maximum atomic E-state index is 12.3. The third-order valence-electron chi connectivity index (χ3n) is 3.10. The van der Waals surface area contributed by atoms with Crippen molar-refractivity contribution >= 4 is 21.6 Å². The van der Waals surface area contributed by atoms with Gasteiger partial charge < -0.3 is 5.73 Å². The van der Waals surface area contributed by atoms with Crippen LogP contribution in [0.3, 0.4) is 0 Å². The Morgan fingerprint density at radius 3 is 2.57 bits per heavy atom. The van der Waals surface area contributed by atoms with Crippen LogP contribution in [0.5, 0.6) is 0 Å². The zero-order valence-electron chi connectivity index (χ0n) is 11.6. The van der Waals surface area contributed by atoms with Crippen LogP contribution < -0.4 is 10.5 Å². The van der Waals surface area contributed by atoms with E-state index in [1.807, 2.05) is 13.0 Å². The lowest BCUT2D eigenvalue weighted by atomic mass is 10.1. The van der Waals surface area contributed by atoms with Crippen molar-refractivity contribution in [3.63, 3.8) is 0 Å². The van der Waals surface area contributed by atoms with Gasteiger partial charge in [-0.15, -0.1) is 0 Å². The monoisotopic (exact) mass is 324 g/mol. The van der Waals surface area contributed by atoms with Gasteiger partial charge in [-0.25, -0.2) is 13.1 Å². The first-order valence-electron chi connectivity index (χ1n) is 6.49. The molecule has 2 aromatic rings. The molecule has 0 aromatic heterocycles. The van der Waals surface area contributed by atoms with E-state index in [0.29, 0.717) is 5.02 Å². The van der Waals surface area contributed by atoms with E-state index in [0.717, 1.165) is 11.1 Å². The quantitative estimate of drug-likeness (QED) is 0.888. The Labute approximate surface area is 130 Å². The number of nitrogens with one attached hydrogen (secondary N) is 1. The number of rotatable bonds is 5. The molecule has 3 N–H and O–H groups in total. The minimum absolute atomic E-state index is 0.143. The largest absolute Gasteiger partial charge is 0.324 e. The first-order valence-corrected chi connectivity index (χ1v) is 8.35. The Balaban J connectivity index is 2.19. The van der Waals surface area contributed by atoms with Gasteiger partial charge in [0.15, 0.2) is 0 Å². The molecule has 0 spiro atoms. The summed E-state index contributed by atoms with van der Waals surface area (Å²) in [5.74, 6) is 0. The number of hydrogen-bond donors (Lipinski definition) is 2. The van der Waals surface area contributed by atoms with Crippen LogP contribution in [0.2, 0.25) is 5.02 Å². The Hall–Kier alpha value is -1.40. The van der Waals surface area contributed by atoms with Crippen molar-refractivity contribution in [2.24, 2.45) is 5.73 Å². The molecule has 4 nitrogen and oxygen atoms in total. The van der Waals surface area contributed by atoms with Gasteiger partial charge in [0.2, 0.25) is 10.0 Å². The highest BCUT2D eigenvalue weighted by Crippen LogP contribution is 2.18. The van der Waals surface area contributed by atoms with Crippen LogP contribution >= 0.6 is 11.6 Å². The average molecular weight is 325 g/mol. The van der Waals surface area contributed by atoms with E-state index < -0.39 is 10.0 Å². The van der Waals surface area contributed by atoms with Crippen molar-refractivity contribution in [2.75, 3.05) is 0 Å². The van der Waals surface area contributed by atoms with Gasteiger partial charge in [-0.2, -0.15) is 0 Å². The third-order valence-corrected chi connectivity index (χ3v) is 4.87. The number of hydrogen-bond acceptors (Lipinski definition) is 3. The summed E-state index contributed by atoms with van der Waals surface area (Å²) in [6.07, 6.45) is 0. The highest BCUT2D eigenvalue weighted by Gasteiger charge is 2.15. The highest BCUT2D eigenvalue weighted by molar-refractivity contribution is 7.89. The summed E-state index contributed by atoms with van der Waals surface area (Å²) in [4.78, 5) is 0.198. The molecule has 0 saturated heterocycles. The van der Waals surface area contributed by atoms with Gasteiger partial charge in [0, 0.05) is 17.6 Å². The topological polar surface area (TPSA) is 72.2 Å². The molecule has 21 heavy (non-hydrogen) atoms. The van der Waals surface area contributed by atoms with Crippen LogP contribution in [-0.4, -0.2) is 8.42 Å². The van der Waals surface area contributed by atoms with Gasteiger partial charge >= 0.3 is 0 Å². The Bertz CT molecular complexity index is 730. The van der Waals surface area contributed by atoms with Crippen molar-refractivity contribution < 1.29 is 8.42 Å². The lowest BCUT2D eigenvalue weighted by Crippen LogP contribution is -2.23. The lowest BCUT2D eigenvalue weighted by Gasteiger charge is -2.11. The molecular formula is C15H17ClN2O2S. The average Bonchev–Trinajstić information content (AvgIpc) is 2.46. The zero-order valence-corrected chi connectivity index (χ0v) is 13.2. The van der Waals surface area contributed by atoms with E-state index in [1.165, 1.54) is 0 Å². The summed E-state index contributed by atoms with van der Waals surface area (Å²) in [6.45, 7) is 1.95. The van der Waals surface area contributed by atoms with Gasteiger partial charge in [0.1, 0.15) is 0 Å². The van der Waals surface area contributed by atoms with Crippen LogP contribution in [-0.2, 0) is 16.6 Å². The minimum atomic E-state index is -3.60. The van der Waals surface area contributed by atoms with Crippen molar-refractivity contribution in [3.05, 3.63) is 64.7 Å². The van der Waals surface area contributed by atoms with Gasteiger partial charge in [0.05, 0.1) is 4.90 Å². The van der Waals surface area contributed by atoms with E-state index in [4.69, 9.17) is 17.3 Å². The van der Waals surface area contributed by atoms with E-state index in [1.54, 1.807) is 42.5 Å². The standard InChI is InChI=1S/C15H17ClN2O2S/c1-11(17)12-6-4-7-14(9-12)21(19,20)18-10-13-5-2-3-8-15(13)16/h2-9,11,18H,10,17H2,1H3. The van der Waals surface area contributed by atoms with Crippen molar-refractivity contribution in [2.45, 2.75) is 24.4 Å². The Morgan fingerprint density at radius 1 is 1.19 bits per heavy atom. The molecule has 0 aliphatic carbocycles. The van der Waals surface area contributed by atoms with Crippen LogP contribution in [0, 0.1) is 0 Å². The van der Waals surface area contributed by atoms with E-state index in [2.05, 4.69) is 4.72 Å². The Kier molecular flexibility index (Phi) is 5.00. The van der Waals surface area contributed by atoms with Gasteiger partial charge in [-0.1, -0.05) is 41.9 Å². The lowest BCUT2D eigenvalue weighted by molar-refractivity contribution is 0.581. The molecule has 2 rings (SSSR count). The first kappa shape index (κ1) is 16.0. The van der Waals surface area contributed by atoms with Crippen LogP contribution in [0.15, 0.2) is 53.4 Å². The maximum absolute atomic E-state index is 12.3. The fourth-order valence-electron chi connectivity index (χ4n) is 1.86. The second kappa shape index (κ2) is 6.58. The number of sulfonamides is 1. The van der Waals surface area contributed by atoms with Gasteiger partial charge in [0.25, 0.3) is 0 Å². The molecule has 1 unspecified atom stereocenters. The molecule has 0 radical (unpaired) electrons. The van der Waals surface area contributed by atoms with Crippen LogP contribution in [0.1, 0.15) is 24.1 Å². The number of halogens is 1. The maximum Gasteiger partial charge on any atom is 0.240 e. The highest BCUT2D eigenvalue weighted by atomic mass is 35.5. The molecule has 112 valence electrons. The third kappa shape index (κ3) is 4.04. The predicted molar refractivity (Wildman–Crippen MR) is 84.5 cm³/mol. The van der Waals surface area contributed by atoms with Gasteiger partial charge in [-0.05, 0) is 36.2 Å². The smallest absolute Gasteiger partial charge is 0.240 e. The zero-order chi connectivity index (χ0) is 15.5. The molecule has 2 aromatic carbocycles. The van der Waals surface area contributed by atoms with E-state index in [9.17, 15) is 8.42 Å². The molecular weight excluding hydrogens is 308 g/mol. The molecule has 0 aliphatic heterocycles. The summed E-state index contributed by atoms with van der Waals surface area (Å²) < 4.78 is 27.1. The number of benzene rings is 2. The Morgan fingerprint density at radius 2 is 1.90 bits per heavy atom. The van der Waals surface area contributed by atoms with E-state index in [-0.39, 0.29) is 17.5 Å². The van der Waals surface area contributed by atoms with Crippen molar-refractivity contribution in [1.82, 2.24) is 4.72 Å². The second-order valence-electron chi connectivity index (χ2n) is 4.78. The predicted octanol–water partition coefficient (Wildman–Crippen LogP) is 2.84.